The van der Waals surface area contributed by atoms with Crippen LogP contribution in [0.25, 0.3) is 0 Å². The Balaban J connectivity index is 2.11. The summed E-state index contributed by atoms with van der Waals surface area (Å²) in [6.07, 6.45) is 2.01. The van der Waals surface area contributed by atoms with Crippen LogP contribution >= 0.6 is 0 Å². The minimum atomic E-state index is -0.236. The summed E-state index contributed by atoms with van der Waals surface area (Å²) in [5, 5.41) is 0. The molecule has 1 aliphatic heterocycles. The maximum atomic E-state index is 6.33. The molecule has 1 saturated carbocycles. The van der Waals surface area contributed by atoms with Gasteiger partial charge in [-0.3, -0.25) is 0 Å². The van der Waals surface area contributed by atoms with Crippen LogP contribution in [0.5, 0.6) is 11.5 Å². The fraction of sp³-hybridized carbons (Fsp3) is 0.538. The van der Waals surface area contributed by atoms with Crippen LogP contribution in [0.4, 0.5) is 0 Å². The molecule has 0 bridgehead atoms. The average Bonchev–Trinajstić information content (AvgIpc) is 3.08. The van der Waals surface area contributed by atoms with Gasteiger partial charge in [-0.1, -0.05) is 6.07 Å². The lowest BCUT2D eigenvalue weighted by molar-refractivity contribution is 0.163. The Kier molecular flexibility index (Phi) is 2.49. The van der Waals surface area contributed by atoms with Crippen molar-refractivity contribution in [2.75, 3.05) is 20.3 Å². The molecule has 1 aromatic carbocycles. The van der Waals surface area contributed by atoms with Crippen molar-refractivity contribution in [2.24, 2.45) is 5.73 Å². The lowest BCUT2D eigenvalue weighted by Gasteiger charge is -2.25. The Bertz CT molecular complexity index is 441. The van der Waals surface area contributed by atoms with Gasteiger partial charge in [0.15, 0.2) is 11.5 Å². The number of nitrogens with two attached hydrogens (primary N) is 1. The molecule has 0 saturated heterocycles. The molecule has 2 aliphatic rings. The maximum Gasteiger partial charge on any atom is 0.166 e. The smallest absolute Gasteiger partial charge is 0.166 e. The van der Waals surface area contributed by atoms with E-state index in [1.165, 1.54) is 0 Å². The van der Waals surface area contributed by atoms with Gasteiger partial charge in [0.25, 0.3) is 0 Å². The highest BCUT2D eigenvalue weighted by atomic mass is 16.6. The molecule has 3 rings (SSSR count). The summed E-state index contributed by atoms with van der Waals surface area (Å²) in [7, 11) is 1.69. The van der Waals surface area contributed by atoms with Crippen LogP contribution in [0.15, 0.2) is 12.1 Å². The summed E-state index contributed by atoms with van der Waals surface area (Å²) in [5.74, 6) is 1.63. The molecule has 1 fully saturated rings. The third kappa shape index (κ3) is 1.77. The molecule has 1 aliphatic carbocycles. The average molecular weight is 235 g/mol. The summed E-state index contributed by atoms with van der Waals surface area (Å²) >= 11 is 0. The van der Waals surface area contributed by atoms with Crippen LogP contribution in [0.3, 0.4) is 0 Å². The monoisotopic (exact) mass is 235 g/mol. The standard InChI is InChI=1S/C13H17NO3/c1-15-8-9-2-3-10-12(17-7-6-16-10)11(9)13(14)4-5-13/h2-3H,4-8,14H2,1H3. The largest absolute Gasteiger partial charge is 0.486 e. The Hall–Kier alpha value is -1.26. The minimum Gasteiger partial charge on any atom is -0.486 e. The van der Waals surface area contributed by atoms with E-state index < -0.39 is 0 Å². The Morgan fingerprint density at radius 1 is 1.29 bits per heavy atom. The second-order valence-electron chi connectivity index (χ2n) is 4.71. The number of hydrogen-bond donors (Lipinski definition) is 1. The number of benzene rings is 1. The quantitative estimate of drug-likeness (QED) is 0.863. The molecule has 0 aromatic heterocycles. The highest BCUT2D eigenvalue weighted by molar-refractivity contribution is 5.56. The Morgan fingerprint density at radius 2 is 2.06 bits per heavy atom. The predicted molar refractivity (Wildman–Crippen MR) is 63.2 cm³/mol. The Morgan fingerprint density at radius 3 is 2.76 bits per heavy atom. The molecule has 92 valence electrons. The van der Waals surface area contributed by atoms with Gasteiger partial charge in [0.05, 0.1) is 6.61 Å². The number of ether oxygens (including phenoxy) is 3. The second kappa shape index (κ2) is 3.89. The van der Waals surface area contributed by atoms with E-state index in [0.717, 1.165) is 35.5 Å². The molecule has 2 N–H and O–H groups in total. The van der Waals surface area contributed by atoms with Crippen LogP contribution in [-0.2, 0) is 16.9 Å². The lowest BCUT2D eigenvalue weighted by Crippen LogP contribution is -2.25. The lowest BCUT2D eigenvalue weighted by atomic mass is 9.97. The van der Waals surface area contributed by atoms with E-state index in [4.69, 9.17) is 19.9 Å². The molecule has 17 heavy (non-hydrogen) atoms. The van der Waals surface area contributed by atoms with Crippen molar-refractivity contribution in [3.8, 4) is 11.5 Å². The summed E-state index contributed by atoms with van der Waals surface area (Å²) in [6, 6.07) is 3.97. The van der Waals surface area contributed by atoms with Gasteiger partial charge >= 0.3 is 0 Å². The van der Waals surface area contributed by atoms with E-state index in [1.54, 1.807) is 7.11 Å². The first-order valence-corrected chi connectivity index (χ1v) is 5.94. The van der Waals surface area contributed by atoms with Crippen LogP contribution in [0, 0.1) is 0 Å². The molecular formula is C13H17NO3. The van der Waals surface area contributed by atoms with E-state index in [1.807, 2.05) is 12.1 Å². The zero-order valence-electron chi connectivity index (χ0n) is 9.99. The number of hydrogen-bond acceptors (Lipinski definition) is 4. The van der Waals surface area contributed by atoms with Crippen molar-refractivity contribution in [2.45, 2.75) is 25.0 Å². The summed E-state index contributed by atoms with van der Waals surface area (Å²) in [4.78, 5) is 0. The number of rotatable bonds is 3. The van der Waals surface area contributed by atoms with Crippen LogP contribution in [0.1, 0.15) is 24.0 Å². The summed E-state index contributed by atoms with van der Waals surface area (Å²) in [6.45, 7) is 1.76. The summed E-state index contributed by atoms with van der Waals surface area (Å²) in [5.41, 5.74) is 8.28. The van der Waals surface area contributed by atoms with Gasteiger partial charge in [-0.25, -0.2) is 0 Å². The van der Waals surface area contributed by atoms with Gasteiger partial charge in [0.1, 0.15) is 13.2 Å². The van der Waals surface area contributed by atoms with Crippen molar-refractivity contribution < 1.29 is 14.2 Å². The Labute approximate surface area is 101 Å². The van der Waals surface area contributed by atoms with Crippen LogP contribution in [0.2, 0.25) is 0 Å². The highest BCUT2D eigenvalue weighted by Gasteiger charge is 2.45. The van der Waals surface area contributed by atoms with Crippen LogP contribution < -0.4 is 15.2 Å². The topological polar surface area (TPSA) is 53.7 Å². The normalized spacial score (nSPS) is 20.1. The molecule has 1 heterocycles. The van der Waals surface area contributed by atoms with Crippen molar-refractivity contribution in [1.82, 2.24) is 0 Å². The first kappa shape index (κ1) is 10.9. The number of fused-ring (bicyclic) bond motifs is 1. The van der Waals surface area contributed by atoms with Gasteiger partial charge in [0, 0.05) is 18.2 Å². The summed E-state index contributed by atoms with van der Waals surface area (Å²) < 4.78 is 16.6. The van der Waals surface area contributed by atoms with Crippen molar-refractivity contribution >= 4 is 0 Å². The van der Waals surface area contributed by atoms with Gasteiger partial charge in [-0.05, 0) is 24.5 Å². The van der Waals surface area contributed by atoms with Gasteiger partial charge in [-0.15, -0.1) is 0 Å². The SMILES string of the molecule is COCc1ccc2c(c1C1(N)CC1)OCCO2. The molecule has 0 atom stereocenters. The van der Waals surface area contributed by atoms with Gasteiger partial charge in [0.2, 0.25) is 0 Å². The van der Waals surface area contributed by atoms with Crippen molar-refractivity contribution in [3.63, 3.8) is 0 Å². The van der Waals surface area contributed by atoms with E-state index >= 15 is 0 Å². The van der Waals surface area contributed by atoms with Gasteiger partial charge < -0.3 is 19.9 Å². The highest BCUT2D eigenvalue weighted by Crippen LogP contribution is 2.51. The molecule has 4 heteroatoms. The first-order valence-electron chi connectivity index (χ1n) is 5.94. The zero-order valence-corrected chi connectivity index (χ0v) is 9.99. The molecule has 0 unspecified atom stereocenters. The maximum absolute atomic E-state index is 6.33. The van der Waals surface area contributed by atoms with Crippen molar-refractivity contribution in [1.29, 1.82) is 0 Å². The molecule has 0 spiro atoms. The fourth-order valence-electron chi connectivity index (χ4n) is 2.36. The third-order valence-electron chi connectivity index (χ3n) is 3.38. The first-order chi connectivity index (χ1) is 8.24. The number of methoxy groups -OCH3 is 1. The molecule has 0 amide bonds. The van der Waals surface area contributed by atoms with E-state index in [9.17, 15) is 0 Å². The predicted octanol–water partition coefficient (Wildman–Crippen LogP) is 1.55. The van der Waals surface area contributed by atoms with E-state index in [-0.39, 0.29) is 5.54 Å². The van der Waals surface area contributed by atoms with Gasteiger partial charge in [-0.2, -0.15) is 0 Å². The molecule has 1 aromatic rings. The molecule has 0 radical (unpaired) electrons. The van der Waals surface area contributed by atoms with E-state index in [0.29, 0.717) is 19.8 Å². The van der Waals surface area contributed by atoms with E-state index in [2.05, 4.69) is 0 Å². The molecular weight excluding hydrogens is 218 g/mol. The minimum absolute atomic E-state index is 0.236. The zero-order chi connectivity index (χ0) is 11.9. The third-order valence-corrected chi connectivity index (χ3v) is 3.38. The fourth-order valence-corrected chi connectivity index (χ4v) is 2.36. The second-order valence-corrected chi connectivity index (χ2v) is 4.71. The molecule has 4 nitrogen and oxygen atoms in total. The van der Waals surface area contributed by atoms with Crippen molar-refractivity contribution in [3.05, 3.63) is 23.3 Å². The van der Waals surface area contributed by atoms with Crippen LogP contribution in [-0.4, -0.2) is 20.3 Å².